The lowest BCUT2D eigenvalue weighted by atomic mass is 9.53. The Bertz CT molecular complexity index is 896. The van der Waals surface area contributed by atoms with Crippen LogP contribution in [0.4, 0.5) is 4.39 Å². The van der Waals surface area contributed by atoms with E-state index in [0.29, 0.717) is 22.1 Å². The highest BCUT2D eigenvalue weighted by atomic mass is 35.5. The van der Waals surface area contributed by atoms with Gasteiger partial charge in [-0.1, -0.05) is 23.7 Å². The summed E-state index contributed by atoms with van der Waals surface area (Å²) in [5.41, 5.74) is 2.29. The molecule has 1 N–H and O–H groups in total. The number of hydrogen-bond acceptors (Lipinski definition) is 3. The van der Waals surface area contributed by atoms with Gasteiger partial charge in [0.15, 0.2) is 11.5 Å². The van der Waals surface area contributed by atoms with E-state index in [0.717, 1.165) is 29.9 Å². The van der Waals surface area contributed by atoms with Crippen LogP contribution in [-0.4, -0.2) is 12.6 Å². The number of hydrogen-bond donors (Lipinski definition) is 1. The maximum absolute atomic E-state index is 13.2. The first kappa shape index (κ1) is 20.1. The molecule has 0 heterocycles. The molecule has 6 rings (SSSR count). The van der Waals surface area contributed by atoms with Crippen molar-refractivity contribution >= 4 is 11.6 Å². The molecule has 0 saturated heterocycles. The topological polar surface area (TPSA) is 30.5 Å². The second kappa shape index (κ2) is 8.05. The van der Waals surface area contributed by atoms with Gasteiger partial charge in [-0.15, -0.1) is 0 Å². The van der Waals surface area contributed by atoms with E-state index in [2.05, 4.69) is 17.4 Å². The lowest BCUT2D eigenvalue weighted by molar-refractivity contribution is -0.0206. The SMILES string of the molecule is COc1cc(CNC23CC4CC(CC(C4)C2)C3)ccc1OCc1ccc(F)cc1Cl. The summed E-state index contributed by atoms with van der Waals surface area (Å²) in [4.78, 5) is 0. The van der Waals surface area contributed by atoms with Crippen LogP contribution in [0.5, 0.6) is 11.5 Å². The Labute approximate surface area is 182 Å². The molecule has 0 spiro atoms. The predicted molar refractivity (Wildman–Crippen MR) is 116 cm³/mol. The van der Waals surface area contributed by atoms with Crippen LogP contribution >= 0.6 is 11.6 Å². The summed E-state index contributed by atoms with van der Waals surface area (Å²) >= 11 is 6.11. The van der Waals surface area contributed by atoms with Crippen molar-refractivity contribution in [1.29, 1.82) is 0 Å². The third-order valence-electron chi connectivity index (χ3n) is 7.33. The van der Waals surface area contributed by atoms with Crippen molar-refractivity contribution < 1.29 is 13.9 Å². The highest BCUT2D eigenvalue weighted by Crippen LogP contribution is 2.55. The fraction of sp³-hybridized carbons (Fsp3) is 0.520. The van der Waals surface area contributed by atoms with Gasteiger partial charge >= 0.3 is 0 Å². The largest absolute Gasteiger partial charge is 0.493 e. The quantitative estimate of drug-likeness (QED) is 0.574. The first-order valence-electron chi connectivity index (χ1n) is 11.0. The minimum Gasteiger partial charge on any atom is -0.493 e. The monoisotopic (exact) mass is 429 g/mol. The van der Waals surface area contributed by atoms with Gasteiger partial charge in [-0.05, 0) is 86.1 Å². The fourth-order valence-electron chi connectivity index (χ4n) is 6.35. The minimum atomic E-state index is -0.350. The molecule has 0 radical (unpaired) electrons. The van der Waals surface area contributed by atoms with Crippen LogP contribution in [0.2, 0.25) is 5.02 Å². The van der Waals surface area contributed by atoms with Gasteiger partial charge in [-0.3, -0.25) is 0 Å². The van der Waals surface area contributed by atoms with Crippen molar-refractivity contribution in [2.75, 3.05) is 7.11 Å². The summed E-state index contributed by atoms with van der Waals surface area (Å²) in [5.74, 6) is 3.83. The van der Waals surface area contributed by atoms with Crippen LogP contribution in [-0.2, 0) is 13.2 Å². The molecule has 4 saturated carbocycles. The highest BCUT2D eigenvalue weighted by molar-refractivity contribution is 6.31. The minimum absolute atomic E-state index is 0.264. The average molecular weight is 430 g/mol. The molecule has 0 amide bonds. The molecule has 2 aromatic rings. The summed E-state index contributed by atoms with van der Waals surface area (Å²) in [6.45, 7) is 1.12. The maximum atomic E-state index is 13.2. The second-order valence-corrected chi connectivity index (χ2v) is 9.97. The molecule has 0 aliphatic heterocycles. The molecule has 4 bridgehead atoms. The Balaban J connectivity index is 1.24. The van der Waals surface area contributed by atoms with E-state index in [1.54, 1.807) is 13.2 Å². The Morgan fingerprint density at radius 3 is 2.33 bits per heavy atom. The molecule has 4 fully saturated rings. The van der Waals surface area contributed by atoms with Crippen molar-refractivity contribution in [3.8, 4) is 11.5 Å². The zero-order valence-corrected chi connectivity index (χ0v) is 18.2. The van der Waals surface area contributed by atoms with E-state index in [-0.39, 0.29) is 12.4 Å². The molecular formula is C25H29ClFNO2. The molecule has 4 aliphatic rings. The van der Waals surface area contributed by atoms with Gasteiger partial charge in [0.1, 0.15) is 12.4 Å². The Hall–Kier alpha value is -1.78. The number of nitrogens with one attached hydrogen (secondary N) is 1. The average Bonchev–Trinajstić information content (AvgIpc) is 2.71. The van der Waals surface area contributed by atoms with Gasteiger partial charge in [0.2, 0.25) is 0 Å². The summed E-state index contributed by atoms with van der Waals surface area (Å²) < 4.78 is 24.7. The molecule has 3 nitrogen and oxygen atoms in total. The van der Waals surface area contributed by atoms with Crippen LogP contribution in [0.3, 0.4) is 0 Å². The second-order valence-electron chi connectivity index (χ2n) is 9.56. The number of halogens is 2. The molecular weight excluding hydrogens is 401 g/mol. The highest BCUT2D eigenvalue weighted by Gasteiger charge is 2.50. The van der Waals surface area contributed by atoms with Crippen LogP contribution in [0, 0.1) is 23.6 Å². The lowest BCUT2D eigenvalue weighted by Gasteiger charge is -2.57. The van der Waals surface area contributed by atoms with E-state index in [9.17, 15) is 4.39 Å². The number of rotatable bonds is 7. The van der Waals surface area contributed by atoms with Crippen LogP contribution < -0.4 is 14.8 Å². The molecule has 0 aromatic heterocycles. The van der Waals surface area contributed by atoms with Gasteiger partial charge in [0.25, 0.3) is 0 Å². The van der Waals surface area contributed by atoms with Crippen LogP contribution in [0.15, 0.2) is 36.4 Å². The third-order valence-corrected chi connectivity index (χ3v) is 7.68. The fourth-order valence-corrected chi connectivity index (χ4v) is 6.57. The first-order valence-corrected chi connectivity index (χ1v) is 11.4. The van der Waals surface area contributed by atoms with E-state index >= 15 is 0 Å². The smallest absolute Gasteiger partial charge is 0.161 e. The summed E-state index contributed by atoms with van der Waals surface area (Å²) in [7, 11) is 1.66. The first-order chi connectivity index (χ1) is 14.5. The Kier molecular flexibility index (Phi) is 5.40. The normalized spacial score (nSPS) is 29.2. The molecule has 0 atom stereocenters. The van der Waals surface area contributed by atoms with E-state index in [1.807, 2.05) is 6.07 Å². The van der Waals surface area contributed by atoms with Crippen molar-refractivity contribution in [2.45, 2.75) is 57.2 Å². The molecule has 4 aliphatic carbocycles. The van der Waals surface area contributed by atoms with Gasteiger partial charge in [0, 0.05) is 17.6 Å². The summed E-state index contributed by atoms with van der Waals surface area (Å²) in [5, 5.41) is 4.30. The van der Waals surface area contributed by atoms with E-state index in [4.69, 9.17) is 21.1 Å². The molecule has 0 unspecified atom stereocenters. The zero-order valence-electron chi connectivity index (χ0n) is 17.4. The van der Waals surface area contributed by atoms with Crippen LogP contribution in [0.1, 0.15) is 49.7 Å². The molecule has 5 heteroatoms. The van der Waals surface area contributed by atoms with E-state index < -0.39 is 0 Å². The lowest BCUT2D eigenvalue weighted by Crippen LogP contribution is -2.58. The van der Waals surface area contributed by atoms with Gasteiger partial charge in [0.05, 0.1) is 12.1 Å². The van der Waals surface area contributed by atoms with Gasteiger partial charge in [-0.25, -0.2) is 4.39 Å². The molecule has 2 aromatic carbocycles. The summed E-state index contributed by atoms with van der Waals surface area (Å²) in [6, 6.07) is 10.4. The standard InChI is InChI=1S/C25H29ClFNO2/c1-29-24-9-16(2-5-23(24)30-15-20-3-4-21(27)10-22(20)26)14-28-25-11-17-6-18(12-25)8-19(7-17)13-25/h2-5,9-10,17-19,28H,6-8,11-15H2,1H3. The number of ether oxygens (including phenoxy) is 2. The van der Waals surface area contributed by atoms with Crippen molar-refractivity contribution in [2.24, 2.45) is 17.8 Å². The Morgan fingerprint density at radius 1 is 1.00 bits per heavy atom. The number of benzene rings is 2. The van der Waals surface area contributed by atoms with Crippen LogP contribution in [0.25, 0.3) is 0 Å². The predicted octanol–water partition coefficient (Wildman–Crippen LogP) is 6.13. The van der Waals surface area contributed by atoms with E-state index in [1.165, 1.54) is 56.2 Å². The molecule has 30 heavy (non-hydrogen) atoms. The Morgan fingerprint density at radius 2 is 1.70 bits per heavy atom. The maximum Gasteiger partial charge on any atom is 0.161 e. The number of methoxy groups -OCH3 is 1. The van der Waals surface area contributed by atoms with Crippen molar-refractivity contribution in [3.63, 3.8) is 0 Å². The summed E-state index contributed by atoms with van der Waals surface area (Å²) in [6.07, 6.45) is 8.40. The van der Waals surface area contributed by atoms with Crippen molar-refractivity contribution in [1.82, 2.24) is 5.32 Å². The van der Waals surface area contributed by atoms with Crippen molar-refractivity contribution in [3.05, 3.63) is 58.4 Å². The zero-order chi connectivity index (χ0) is 20.7. The third kappa shape index (κ3) is 4.04. The molecule has 160 valence electrons. The van der Waals surface area contributed by atoms with Gasteiger partial charge < -0.3 is 14.8 Å². The van der Waals surface area contributed by atoms with Gasteiger partial charge in [-0.2, -0.15) is 0 Å².